The van der Waals surface area contributed by atoms with E-state index >= 15 is 0 Å². The number of aliphatic hydroxyl groups is 10. The van der Waals surface area contributed by atoms with Crippen LogP contribution in [0.1, 0.15) is 64.2 Å². The van der Waals surface area contributed by atoms with Gasteiger partial charge in [-0.1, -0.05) is 26.0 Å². The minimum absolute atomic E-state index is 0.202. The van der Waals surface area contributed by atoms with Crippen molar-refractivity contribution in [3.8, 4) is 0 Å². The largest absolute Gasteiger partial charge is 0.394 e. The molecule has 21 nitrogen and oxygen atoms in total. The first-order valence-electron chi connectivity index (χ1n) is 21.7. The lowest BCUT2D eigenvalue weighted by atomic mass is 9.83. The maximum Gasteiger partial charge on any atom is 0.186 e. The van der Waals surface area contributed by atoms with Crippen LogP contribution < -0.4 is 16.0 Å². The van der Waals surface area contributed by atoms with Gasteiger partial charge in [-0.2, -0.15) is 0 Å². The van der Waals surface area contributed by atoms with Crippen LogP contribution in [0.2, 0.25) is 0 Å². The second kappa shape index (κ2) is 23.0. The third-order valence-electron chi connectivity index (χ3n) is 12.7. The number of aliphatic hydroxyl groups excluding tert-OH is 10. The predicted octanol–water partition coefficient (Wildman–Crippen LogP) is -3.57. The Morgan fingerprint density at radius 2 is 0.836 bits per heavy atom. The first kappa shape index (κ1) is 48.8. The molecule has 13 N–H and O–H groups in total. The smallest absolute Gasteiger partial charge is 0.186 e. The van der Waals surface area contributed by atoms with Gasteiger partial charge >= 0.3 is 0 Å². The normalized spacial score (nSPS) is 44.9. The van der Waals surface area contributed by atoms with Gasteiger partial charge in [-0.05, 0) is 51.4 Å². The summed E-state index contributed by atoms with van der Waals surface area (Å²) in [6.07, 6.45) is -17.1. The molecule has 61 heavy (non-hydrogen) atoms. The van der Waals surface area contributed by atoms with Gasteiger partial charge in [-0.3, -0.25) is 5.32 Å². The van der Waals surface area contributed by atoms with E-state index in [1.54, 1.807) is 0 Å². The molecule has 0 amide bonds. The van der Waals surface area contributed by atoms with E-state index in [-0.39, 0.29) is 13.2 Å². The third-order valence-corrected chi connectivity index (χ3v) is 12.7. The summed E-state index contributed by atoms with van der Waals surface area (Å²) in [5.74, 6) is -0.866. The zero-order valence-corrected chi connectivity index (χ0v) is 34.5. The highest BCUT2D eigenvalue weighted by atomic mass is 16.7. The Morgan fingerprint density at radius 3 is 1.23 bits per heavy atom. The molecule has 12 aliphatic heterocycles. The van der Waals surface area contributed by atoms with Crippen molar-refractivity contribution in [1.82, 2.24) is 16.0 Å². The zero-order chi connectivity index (χ0) is 43.8. The van der Waals surface area contributed by atoms with Crippen LogP contribution in [-0.4, -0.2) is 201 Å². The monoisotopic (exact) mass is 879 g/mol. The molecule has 20 atom stereocenters. The van der Waals surface area contributed by atoms with E-state index in [1.807, 2.05) is 0 Å². The first-order chi connectivity index (χ1) is 29.3. The second-order valence-corrected chi connectivity index (χ2v) is 17.0. The molecule has 12 rings (SSSR count). The van der Waals surface area contributed by atoms with Gasteiger partial charge in [-0.25, -0.2) is 0 Å². The number of rotatable bonds is 14. The Hall–Kier alpha value is -1.68. The van der Waals surface area contributed by atoms with Gasteiger partial charge in [0, 0.05) is 36.4 Å². The van der Waals surface area contributed by atoms with E-state index in [2.05, 4.69) is 29.1 Å². The van der Waals surface area contributed by atoms with Crippen LogP contribution >= 0.6 is 0 Å². The summed E-state index contributed by atoms with van der Waals surface area (Å²) in [4.78, 5) is 0. The SMILES string of the molecule is C=C(CCC1OC2OC3C(CO)OC(OCCCCC1C(O)C2O)C(O)C3O)NCNCNC(=C)CCC1OC2OC3C(CO)OC(OCCCCC1C(O)C2O)C(O)C3O. The highest BCUT2D eigenvalue weighted by Crippen LogP contribution is 2.38. The molecule has 12 saturated heterocycles. The van der Waals surface area contributed by atoms with Gasteiger partial charge in [0.05, 0.1) is 51.0 Å². The number of ether oxygens (including phenoxy) is 8. The Kier molecular flexibility index (Phi) is 18.4. The molecule has 12 heterocycles. The maximum atomic E-state index is 11.2. The molecule has 0 aromatic rings. The summed E-state index contributed by atoms with van der Waals surface area (Å²) in [6, 6.07) is 0. The van der Waals surface area contributed by atoms with Crippen LogP contribution in [-0.2, 0) is 37.9 Å². The number of nitrogens with one attached hydrogen (secondary N) is 3. The fraction of sp³-hybridized carbons (Fsp3) is 0.900. The van der Waals surface area contributed by atoms with Gasteiger partial charge in [0.15, 0.2) is 25.2 Å². The highest BCUT2D eigenvalue weighted by Gasteiger charge is 2.53. The lowest BCUT2D eigenvalue weighted by molar-refractivity contribution is -0.356. The quantitative estimate of drug-likeness (QED) is 0.0593. The van der Waals surface area contributed by atoms with Crippen molar-refractivity contribution in [2.24, 2.45) is 11.8 Å². The minimum atomic E-state index is -1.52. The summed E-state index contributed by atoms with van der Waals surface area (Å²) in [7, 11) is 0. The van der Waals surface area contributed by atoms with Crippen molar-refractivity contribution in [2.45, 2.75) is 175 Å². The van der Waals surface area contributed by atoms with Gasteiger partial charge in [0.2, 0.25) is 0 Å². The Labute approximate surface area is 355 Å². The third kappa shape index (κ3) is 12.0. The highest BCUT2D eigenvalue weighted by molar-refractivity contribution is 4.99. The summed E-state index contributed by atoms with van der Waals surface area (Å²) in [6.45, 7) is 8.23. The van der Waals surface area contributed by atoms with E-state index in [4.69, 9.17) is 37.9 Å². The van der Waals surface area contributed by atoms with Gasteiger partial charge in [0.1, 0.15) is 61.0 Å². The van der Waals surface area contributed by atoms with Crippen LogP contribution in [0, 0.1) is 11.8 Å². The molecule has 20 unspecified atom stereocenters. The molecule has 0 aromatic heterocycles. The van der Waals surface area contributed by atoms with E-state index in [9.17, 15) is 51.1 Å². The first-order valence-corrected chi connectivity index (χ1v) is 21.7. The average Bonchev–Trinajstić information content (AvgIpc) is 3.25. The van der Waals surface area contributed by atoms with Crippen molar-refractivity contribution in [2.75, 3.05) is 39.8 Å². The van der Waals surface area contributed by atoms with Gasteiger partial charge < -0.3 is 99.6 Å². The molecule has 0 aromatic carbocycles. The van der Waals surface area contributed by atoms with Crippen molar-refractivity contribution in [3.63, 3.8) is 0 Å². The molecule has 8 bridgehead atoms. The van der Waals surface area contributed by atoms with Crippen molar-refractivity contribution >= 4 is 0 Å². The summed E-state index contributed by atoms with van der Waals surface area (Å²) >= 11 is 0. The molecule has 12 fully saturated rings. The minimum Gasteiger partial charge on any atom is -0.394 e. The molecule has 12 aliphatic rings. The number of hydrogen-bond donors (Lipinski definition) is 13. The molecule has 0 saturated carbocycles. The fourth-order valence-corrected chi connectivity index (χ4v) is 9.12. The topological polar surface area (TPSA) is 312 Å². The maximum absolute atomic E-state index is 11.2. The average molecular weight is 880 g/mol. The molecular formula is C40H69N3O18. The fourth-order valence-electron chi connectivity index (χ4n) is 9.12. The molecular weight excluding hydrogens is 810 g/mol. The molecule has 0 radical (unpaired) electrons. The lowest BCUT2D eigenvalue weighted by Crippen LogP contribution is -2.63. The van der Waals surface area contributed by atoms with E-state index in [1.165, 1.54) is 0 Å². The van der Waals surface area contributed by atoms with Crippen LogP contribution in [0.3, 0.4) is 0 Å². The van der Waals surface area contributed by atoms with Crippen LogP contribution in [0.4, 0.5) is 0 Å². The Morgan fingerprint density at radius 1 is 0.459 bits per heavy atom. The molecule has 0 aliphatic carbocycles. The molecule has 0 spiro atoms. The zero-order valence-electron chi connectivity index (χ0n) is 34.5. The van der Waals surface area contributed by atoms with E-state index < -0.39 is 136 Å². The van der Waals surface area contributed by atoms with Crippen molar-refractivity contribution in [3.05, 3.63) is 24.6 Å². The summed E-state index contributed by atoms with van der Waals surface area (Å²) in [5, 5.41) is 117. The Balaban J connectivity index is 0.950. The van der Waals surface area contributed by atoms with Crippen LogP contribution in [0.25, 0.3) is 0 Å². The van der Waals surface area contributed by atoms with Crippen LogP contribution in [0.15, 0.2) is 24.6 Å². The molecule has 21 heteroatoms. The number of allylic oxidation sites excluding steroid dienone is 2. The molecule has 352 valence electrons. The lowest BCUT2D eigenvalue weighted by Gasteiger charge is -2.47. The second-order valence-electron chi connectivity index (χ2n) is 17.0. The Bertz CT molecular complexity index is 1270. The van der Waals surface area contributed by atoms with Crippen molar-refractivity contribution < 1.29 is 89.0 Å². The summed E-state index contributed by atoms with van der Waals surface area (Å²) < 4.78 is 46.9. The van der Waals surface area contributed by atoms with Gasteiger partial charge in [-0.15, -0.1) is 0 Å². The van der Waals surface area contributed by atoms with Gasteiger partial charge in [0.25, 0.3) is 0 Å². The predicted molar refractivity (Wildman–Crippen MR) is 209 cm³/mol. The number of hydrogen-bond acceptors (Lipinski definition) is 21. The van der Waals surface area contributed by atoms with Crippen molar-refractivity contribution in [1.29, 1.82) is 0 Å². The van der Waals surface area contributed by atoms with E-state index in [0.717, 1.165) is 0 Å². The van der Waals surface area contributed by atoms with E-state index in [0.29, 0.717) is 88.9 Å². The standard InChI is InChI=1S/C40H69N3O18/c1-19(9-11-23-21-7-3-5-13-54-37-33(52)29(48)35(25(15-44)58-37)60-39(56-23)31(50)27(21)46)42-17-41-18-43-20(2)10-12-24-22-8-4-6-14-55-38-34(53)30(49)36(26(16-45)59-38)61-40(57-24)32(51)28(22)47/h21-53H,1-18H2. The summed E-state index contributed by atoms with van der Waals surface area (Å²) in [5.41, 5.74) is 1.37. The van der Waals surface area contributed by atoms with Crippen LogP contribution in [0.5, 0.6) is 0 Å².